The van der Waals surface area contributed by atoms with Gasteiger partial charge < -0.3 is 14.8 Å². The Morgan fingerprint density at radius 2 is 1.85 bits per heavy atom. The van der Waals surface area contributed by atoms with E-state index in [0.717, 1.165) is 16.4 Å². The summed E-state index contributed by atoms with van der Waals surface area (Å²) in [6.07, 6.45) is 5.55. The first-order valence-electron chi connectivity index (χ1n) is 11.2. The molecular formula is C27H27N5S. The Morgan fingerprint density at radius 1 is 0.970 bits per heavy atom. The summed E-state index contributed by atoms with van der Waals surface area (Å²) in [4.78, 5) is 11.2. The second-order valence-corrected chi connectivity index (χ2v) is 9.00. The number of nitrogens with zero attached hydrogens (tertiary/aromatic N) is 4. The van der Waals surface area contributed by atoms with Gasteiger partial charge in [-0.05, 0) is 86.1 Å². The number of benzene rings is 1. The fourth-order valence-electron chi connectivity index (χ4n) is 4.85. The van der Waals surface area contributed by atoms with Crippen molar-refractivity contribution in [2.75, 3.05) is 0 Å². The molecule has 3 aromatic heterocycles. The molecule has 1 aliphatic heterocycles. The van der Waals surface area contributed by atoms with Gasteiger partial charge in [0.15, 0.2) is 5.11 Å². The predicted molar refractivity (Wildman–Crippen MR) is 135 cm³/mol. The van der Waals surface area contributed by atoms with Crippen LogP contribution in [0.2, 0.25) is 0 Å². The van der Waals surface area contributed by atoms with E-state index >= 15 is 0 Å². The van der Waals surface area contributed by atoms with Gasteiger partial charge in [-0.2, -0.15) is 0 Å². The lowest BCUT2D eigenvalue weighted by atomic mass is 9.96. The summed E-state index contributed by atoms with van der Waals surface area (Å²) < 4.78 is 2.33. The quantitative estimate of drug-likeness (QED) is 0.412. The average Bonchev–Trinajstić information content (AvgIpc) is 3.30. The Balaban J connectivity index is 1.62. The van der Waals surface area contributed by atoms with Crippen molar-refractivity contribution >= 4 is 17.3 Å². The molecule has 1 fully saturated rings. The molecule has 166 valence electrons. The van der Waals surface area contributed by atoms with E-state index in [1.807, 2.05) is 30.6 Å². The third-order valence-electron chi connectivity index (χ3n) is 6.32. The van der Waals surface area contributed by atoms with Crippen molar-refractivity contribution in [3.8, 4) is 5.69 Å². The fourth-order valence-corrected chi connectivity index (χ4v) is 5.16. The molecule has 4 heterocycles. The molecule has 1 aromatic carbocycles. The number of pyridine rings is 2. The van der Waals surface area contributed by atoms with Gasteiger partial charge >= 0.3 is 0 Å². The van der Waals surface area contributed by atoms with E-state index in [1.54, 1.807) is 6.20 Å². The zero-order valence-electron chi connectivity index (χ0n) is 19.1. The van der Waals surface area contributed by atoms with Crippen LogP contribution in [0.4, 0.5) is 0 Å². The van der Waals surface area contributed by atoms with Crippen LogP contribution >= 0.6 is 12.2 Å². The van der Waals surface area contributed by atoms with E-state index in [2.05, 4.69) is 88.0 Å². The summed E-state index contributed by atoms with van der Waals surface area (Å²) in [6, 6.07) is 21.0. The maximum absolute atomic E-state index is 5.85. The minimum absolute atomic E-state index is 0.0114. The van der Waals surface area contributed by atoms with Crippen molar-refractivity contribution in [1.29, 1.82) is 0 Å². The standard InChI is InChI=1S/C27H27N5S/c1-18-8-6-10-22(14-18)32-19(2)15-23(20(32)3)26-25(24-11-4-5-13-29-24)30-27(33)31(26)17-21-9-7-12-28-16-21/h4-16,25-26H,17H2,1-3H3,(H,30,33). The van der Waals surface area contributed by atoms with Crippen LogP contribution in [0.25, 0.3) is 5.69 Å². The summed E-state index contributed by atoms with van der Waals surface area (Å²) in [5, 5.41) is 4.30. The van der Waals surface area contributed by atoms with E-state index in [4.69, 9.17) is 12.2 Å². The van der Waals surface area contributed by atoms with Gasteiger partial charge in [-0.3, -0.25) is 9.97 Å². The van der Waals surface area contributed by atoms with Gasteiger partial charge in [0, 0.05) is 42.2 Å². The van der Waals surface area contributed by atoms with Crippen LogP contribution in [0.3, 0.4) is 0 Å². The molecule has 5 nitrogen and oxygen atoms in total. The third-order valence-corrected chi connectivity index (χ3v) is 6.67. The van der Waals surface area contributed by atoms with Crippen molar-refractivity contribution < 1.29 is 0 Å². The monoisotopic (exact) mass is 453 g/mol. The number of rotatable bonds is 5. The average molecular weight is 454 g/mol. The molecule has 0 bridgehead atoms. The van der Waals surface area contributed by atoms with E-state index < -0.39 is 0 Å². The highest BCUT2D eigenvalue weighted by atomic mass is 32.1. The first-order valence-corrected chi connectivity index (χ1v) is 11.6. The van der Waals surface area contributed by atoms with Crippen molar-refractivity contribution in [3.63, 3.8) is 0 Å². The Bertz CT molecular complexity index is 1280. The number of hydrogen-bond acceptors (Lipinski definition) is 3. The molecule has 1 N–H and O–H groups in total. The van der Waals surface area contributed by atoms with E-state index in [-0.39, 0.29) is 12.1 Å². The van der Waals surface area contributed by atoms with Gasteiger partial charge in [-0.15, -0.1) is 0 Å². The van der Waals surface area contributed by atoms with Crippen molar-refractivity contribution in [1.82, 2.24) is 24.8 Å². The van der Waals surface area contributed by atoms with E-state index in [0.29, 0.717) is 6.54 Å². The summed E-state index contributed by atoms with van der Waals surface area (Å²) in [5.41, 5.74) is 8.20. The highest BCUT2D eigenvalue weighted by Gasteiger charge is 2.41. The molecule has 1 aliphatic rings. The van der Waals surface area contributed by atoms with Gasteiger partial charge in [-0.1, -0.05) is 24.3 Å². The molecule has 0 radical (unpaired) electrons. The first kappa shape index (κ1) is 21.3. The zero-order chi connectivity index (χ0) is 22.9. The third kappa shape index (κ3) is 4.02. The number of aromatic nitrogens is 3. The topological polar surface area (TPSA) is 46.0 Å². The molecule has 2 unspecified atom stereocenters. The van der Waals surface area contributed by atoms with Crippen LogP contribution in [0.1, 0.15) is 45.9 Å². The molecule has 0 amide bonds. The van der Waals surface area contributed by atoms with Crippen LogP contribution in [0, 0.1) is 20.8 Å². The number of hydrogen-bond donors (Lipinski definition) is 1. The fraction of sp³-hybridized carbons (Fsp3) is 0.222. The minimum atomic E-state index is -0.0400. The Labute approximate surface area is 200 Å². The molecule has 0 aliphatic carbocycles. The van der Waals surface area contributed by atoms with Gasteiger partial charge in [0.05, 0.1) is 17.8 Å². The lowest BCUT2D eigenvalue weighted by molar-refractivity contribution is 0.310. The van der Waals surface area contributed by atoms with Gasteiger partial charge in [0.1, 0.15) is 0 Å². The van der Waals surface area contributed by atoms with Crippen molar-refractivity contribution in [2.45, 2.75) is 39.4 Å². The molecule has 1 saturated heterocycles. The van der Waals surface area contributed by atoms with Gasteiger partial charge in [0.2, 0.25) is 0 Å². The summed E-state index contributed by atoms with van der Waals surface area (Å²) >= 11 is 5.85. The summed E-state index contributed by atoms with van der Waals surface area (Å²) in [5.74, 6) is 0. The normalized spacial score (nSPS) is 17.9. The van der Waals surface area contributed by atoms with E-state index in [9.17, 15) is 0 Å². The van der Waals surface area contributed by atoms with Crippen LogP contribution in [0.5, 0.6) is 0 Å². The summed E-state index contributed by atoms with van der Waals surface area (Å²) in [7, 11) is 0. The Kier molecular flexibility index (Phi) is 5.68. The maximum atomic E-state index is 5.85. The second-order valence-electron chi connectivity index (χ2n) is 8.62. The number of nitrogens with one attached hydrogen (secondary N) is 1. The summed E-state index contributed by atoms with van der Waals surface area (Å²) in [6.45, 7) is 7.18. The molecule has 0 saturated carbocycles. The van der Waals surface area contributed by atoms with Gasteiger partial charge in [0.25, 0.3) is 0 Å². The van der Waals surface area contributed by atoms with Crippen molar-refractivity contribution in [3.05, 3.63) is 113 Å². The number of aryl methyl sites for hydroxylation is 2. The van der Waals surface area contributed by atoms with Gasteiger partial charge in [-0.25, -0.2) is 0 Å². The second kappa shape index (κ2) is 8.79. The Morgan fingerprint density at radius 3 is 2.58 bits per heavy atom. The smallest absolute Gasteiger partial charge is 0.170 e. The molecule has 5 rings (SSSR count). The lowest BCUT2D eigenvalue weighted by Gasteiger charge is -2.28. The maximum Gasteiger partial charge on any atom is 0.170 e. The predicted octanol–water partition coefficient (Wildman–Crippen LogP) is 5.37. The Hall–Kier alpha value is -3.51. The SMILES string of the molecule is Cc1cccc(-n2c(C)cc(C3C(c4ccccn4)NC(=S)N3Cc3cccnc3)c2C)c1. The van der Waals surface area contributed by atoms with Crippen LogP contribution in [-0.4, -0.2) is 24.5 Å². The zero-order valence-corrected chi connectivity index (χ0v) is 19.9. The molecule has 33 heavy (non-hydrogen) atoms. The largest absolute Gasteiger partial charge is 0.352 e. The van der Waals surface area contributed by atoms with Crippen molar-refractivity contribution in [2.24, 2.45) is 0 Å². The molecule has 0 spiro atoms. The molecular weight excluding hydrogens is 426 g/mol. The van der Waals surface area contributed by atoms with Crippen LogP contribution in [0.15, 0.2) is 79.3 Å². The van der Waals surface area contributed by atoms with E-state index in [1.165, 1.54) is 28.2 Å². The van der Waals surface area contributed by atoms with Crippen LogP contribution in [-0.2, 0) is 6.54 Å². The lowest BCUT2D eigenvalue weighted by Crippen LogP contribution is -2.29. The molecule has 4 aromatic rings. The molecule has 2 atom stereocenters. The highest BCUT2D eigenvalue weighted by Crippen LogP contribution is 2.42. The minimum Gasteiger partial charge on any atom is -0.352 e. The number of thiocarbonyl (C=S) groups is 1. The molecule has 6 heteroatoms. The van der Waals surface area contributed by atoms with Crippen LogP contribution < -0.4 is 5.32 Å². The highest BCUT2D eigenvalue weighted by molar-refractivity contribution is 7.80. The first-order chi connectivity index (χ1) is 16.0.